The number of nitrogens with one attached hydrogen (secondary N) is 1. The van der Waals surface area contributed by atoms with Crippen LogP contribution in [0.3, 0.4) is 0 Å². The summed E-state index contributed by atoms with van der Waals surface area (Å²) in [4.78, 5) is 8.75. The van der Waals surface area contributed by atoms with Crippen molar-refractivity contribution in [2.24, 2.45) is 0 Å². The third-order valence-electron chi connectivity index (χ3n) is 1.23. The minimum absolute atomic E-state index is 1.29. The summed E-state index contributed by atoms with van der Waals surface area (Å²) in [5, 5.41) is 8.24. The van der Waals surface area contributed by atoms with Gasteiger partial charge in [0.2, 0.25) is 0 Å². The van der Waals surface area contributed by atoms with E-state index in [4.69, 9.17) is 0 Å². The molecule has 0 aliphatic carbocycles. The molecule has 0 aromatic rings. The summed E-state index contributed by atoms with van der Waals surface area (Å²) in [6.07, 6.45) is 17.2. The van der Waals surface area contributed by atoms with Crippen molar-refractivity contribution in [2.75, 3.05) is 0 Å². The van der Waals surface area contributed by atoms with Gasteiger partial charge in [0, 0.05) is 11.2 Å². The van der Waals surface area contributed by atoms with E-state index >= 15 is 0 Å². The quantitative estimate of drug-likeness (QED) is 0.618. The largest absolute Gasteiger partial charge is 0.314 e. The fraction of sp³-hybridized carbons (Fsp3) is 0. The first-order chi connectivity index (χ1) is 7.50. The molecule has 1 N–H and O–H groups in total. The highest BCUT2D eigenvalue weighted by Gasteiger charge is 1.83. The van der Waals surface area contributed by atoms with Gasteiger partial charge in [-0.3, -0.25) is 0 Å². The Balaban J connectivity index is 2.43. The standard InChI is InChI=1S/C10H11NO4/c1-2-4-6-8-10-12-14-15-13-11-9-7-5-3-1/h1-11H/b2-1-,5-3-,6-4-,9-7-,10-8-. The highest BCUT2D eigenvalue weighted by Crippen LogP contribution is 1.87. The van der Waals surface area contributed by atoms with Crippen LogP contribution in [0.25, 0.3) is 0 Å². The Morgan fingerprint density at radius 2 is 1.33 bits per heavy atom. The normalized spacial score (nSPS) is 28.3. The monoisotopic (exact) mass is 209 g/mol. The van der Waals surface area contributed by atoms with Crippen molar-refractivity contribution in [3.05, 3.63) is 61.1 Å². The van der Waals surface area contributed by atoms with Crippen LogP contribution in [0, 0.1) is 0 Å². The topological polar surface area (TPSA) is 49.0 Å². The van der Waals surface area contributed by atoms with Gasteiger partial charge in [0.25, 0.3) is 0 Å². The molecule has 1 heterocycles. The summed E-state index contributed by atoms with van der Waals surface area (Å²) in [6.45, 7) is 0. The first-order valence-electron chi connectivity index (χ1n) is 4.23. The Hall–Kier alpha value is -1.82. The minimum Gasteiger partial charge on any atom is -0.314 e. The van der Waals surface area contributed by atoms with Gasteiger partial charge in [0.15, 0.2) is 0 Å². The number of allylic oxidation sites excluding steroid dienone is 8. The van der Waals surface area contributed by atoms with Gasteiger partial charge in [-0.15, -0.1) is 0 Å². The molecule has 0 aromatic heterocycles. The van der Waals surface area contributed by atoms with Crippen LogP contribution in [-0.4, -0.2) is 0 Å². The molecule has 1 aliphatic rings. The predicted octanol–water partition coefficient (Wildman–Crippen LogP) is 2.01. The van der Waals surface area contributed by atoms with Crippen LogP contribution in [0.15, 0.2) is 61.1 Å². The molecule has 5 heteroatoms. The molecule has 1 rings (SSSR count). The summed E-state index contributed by atoms with van der Waals surface area (Å²) in [7, 11) is 0. The summed E-state index contributed by atoms with van der Waals surface area (Å²) in [5.74, 6) is 0. The van der Waals surface area contributed by atoms with Crippen LogP contribution in [0.2, 0.25) is 0 Å². The first-order valence-corrected chi connectivity index (χ1v) is 4.23. The van der Waals surface area contributed by atoms with Crippen LogP contribution >= 0.6 is 0 Å². The number of hydrogen-bond acceptors (Lipinski definition) is 5. The van der Waals surface area contributed by atoms with E-state index in [1.54, 1.807) is 18.2 Å². The maximum Gasteiger partial charge on any atom is 0.132 e. The Bertz CT molecular complexity index is 264. The van der Waals surface area contributed by atoms with Gasteiger partial charge in [-0.25, -0.2) is 5.48 Å². The second-order valence-electron chi connectivity index (χ2n) is 2.28. The molecule has 15 heavy (non-hydrogen) atoms. The van der Waals surface area contributed by atoms with E-state index in [-0.39, 0.29) is 0 Å². The SMILES string of the molecule is C1=C\C=C/C=C\OOOON/C=C\C=C/1. The fourth-order valence-electron chi connectivity index (χ4n) is 0.657. The zero-order chi connectivity index (χ0) is 10.6. The lowest BCUT2D eigenvalue weighted by atomic mass is 10.4. The van der Waals surface area contributed by atoms with E-state index in [0.717, 1.165) is 0 Å². The molecule has 1 aliphatic heterocycles. The maximum atomic E-state index is 4.43. The summed E-state index contributed by atoms with van der Waals surface area (Å²) >= 11 is 0. The maximum absolute atomic E-state index is 4.43. The lowest BCUT2D eigenvalue weighted by Gasteiger charge is -1.97. The predicted molar refractivity (Wildman–Crippen MR) is 53.2 cm³/mol. The Kier molecular flexibility index (Phi) is 6.58. The molecule has 0 unspecified atom stereocenters. The van der Waals surface area contributed by atoms with Crippen LogP contribution in [-0.2, 0) is 20.0 Å². The van der Waals surface area contributed by atoms with E-state index in [2.05, 4.69) is 25.4 Å². The molecule has 0 saturated heterocycles. The van der Waals surface area contributed by atoms with Crippen LogP contribution < -0.4 is 5.48 Å². The third kappa shape index (κ3) is 7.27. The van der Waals surface area contributed by atoms with E-state index in [1.165, 1.54) is 12.5 Å². The fourth-order valence-corrected chi connectivity index (χ4v) is 0.657. The Morgan fingerprint density at radius 1 is 0.667 bits per heavy atom. The van der Waals surface area contributed by atoms with Crippen molar-refractivity contribution in [2.45, 2.75) is 0 Å². The Labute approximate surface area is 87.3 Å². The molecule has 0 bridgehead atoms. The summed E-state index contributed by atoms with van der Waals surface area (Å²) in [5.41, 5.74) is 2.33. The van der Waals surface area contributed by atoms with E-state index in [0.29, 0.717) is 0 Å². The smallest absolute Gasteiger partial charge is 0.132 e. The van der Waals surface area contributed by atoms with E-state index < -0.39 is 0 Å². The molecule has 0 fully saturated rings. The second kappa shape index (κ2) is 8.76. The van der Waals surface area contributed by atoms with Gasteiger partial charge in [-0.05, 0) is 17.2 Å². The zero-order valence-corrected chi connectivity index (χ0v) is 7.91. The van der Waals surface area contributed by atoms with E-state index in [1.807, 2.05) is 30.4 Å². The first kappa shape index (κ1) is 11.3. The van der Waals surface area contributed by atoms with Crippen molar-refractivity contribution in [3.8, 4) is 0 Å². The number of hydrogen-bond donors (Lipinski definition) is 1. The average molecular weight is 209 g/mol. The molecular formula is C10H11NO4. The van der Waals surface area contributed by atoms with Crippen molar-refractivity contribution >= 4 is 0 Å². The van der Waals surface area contributed by atoms with Crippen molar-refractivity contribution in [3.63, 3.8) is 0 Å². The number of hydroxylamine groups is 1. The van der Waals surface area contributed by atoms with Gasteiger partial charge >= 0.3 is 0 Å². The third-order valence-corrected chi connectivity index (χ3v) is 1.23. The number of rotatable bonds is 0. The minimum atomic E-state index is 1.29. The van der Waals surface area contributed by atoms with Crippen molar-refractivity contribution in [1.82, 2.24) is 5.48 Å². The molecule has 80 valence electrons. The molecule has 5 nitrogen and oxygen atoms in total. The second-order valence-corrected chi connectivity index (χ2v) is 2.28. The Morgan fingerprint density at radius 3 is 2.13 bits per heavy atom. The molecule has 0 spiro atoms. The van der Waals surface area contributed by atoms with Gasteiger partial charge in [-0.1, -0.05) is 41.4 Å². The lowest BCUT2D eigenvalue weighted by molar-refractivity contribution is -0.632. The van der Waals surface area contributed by atoms with Crippen molar-refractivity contribution < 1.29 is 20.0 Å². The van der Waals surface area contributed by atoms with Crippen LogP contribution in [0.4, 0.5) is 0 Å². The lowest BCUT2D eigenvalue weighted by Crippen LogP contribution is -2.07. The van der Waals surface area contributed by atoms with Crippen LogP contribution in [0.1, 0.15) is 0 Å². The summed E-state index contributed by atoms with van der Waals surface area (Å²) < 4.78 is 0. The molecule has 0 amide bonds. The highest BCUT2D eigenvalue weighted by molar-refractivity contribution is 5.17. The molecule has 0 saturated carbocycles. The zero-order valence-electron chi connectivity index (χ0n) is 7.91. The molecule has 0 aromatic carbocycles. The van der Waals surface area contributed by atoms with E-state index in [9.17, 15) is 0 Å². The van der Waals surface area contributed by atoms with Gasteiger partial charge in [0.1, 0.15) is 6.26 Å². The van der Waals surface area contributed by atoms with Gasteiger partial charge in [0.05, 0.1) is 0 Å². The van der Waals surface area contributed by atoms with Gasteiger partial charge < -0.3 is 4.89 Å². The average Bonchev–Trinajstić information content (AvgIpc) is 2.27. The molecule has 0 atom stereocenters. The van der Waals surface area contributed by atoms with Crippen molar-refractivity contribution in [1.29, 1.82) is 0 Å². The van der Waals surface area contributed by atoms with Crippen LogP contribution in [0.5, 0.6) is 0 Å². The molecule has 0 radical (unpaired) electrons. The highest BCUT2D eigenvalue weighted by atomic mass is 17.7. The summed E-state index contributed by atoms with van der Waals surface area (Å²) in [6, 6.07) is 0. The van der Waals surface area contributed by atoms with Gasteiger partial charge in [-0.2, -0.15) is 0 Å². The molecular weight excluding hydrogens is 198 g/mol.